The molecule has 3 aromatic carbocycles. The second kappa shape index (κ2) is 8.36. The quantitative estimate of drug-likeness (QED) is 0.362. The Kier molecular flexibility index (Phi) is 5.66. The average Bonchev–Trinajstić information content (AvgIpc) is 3.31. The molecule has 12 heteroatoms. The van der Waals surface area contributed by atoms with Crippen molar-refractivity contribution < 1.29 is 32.3 Å². The number of hydrogen-bond donors (Lipinski definition) is 3. The number of amides is 3. The third-order valence-electron chi connectivity index (χ3n) is 6.21. The van der Waals surface area contributed by atoms with Gasteiger partial charge in [0.15, 0.2) is 0 Å². The minimum atomic E-state index is -5.05. The molecule has 186 valence electrons. The zero-order valence-electron chi connectivity index (χ0n) is 18.0. The summed E-state index contributed by atoms with van der Waals surface area (Å²) in [6, 6.07) is 9.40. The molecule has 2 aliphatic rings. The molecule has 5 rings (SSSR count). The molecule has 2 aliphatic heterocycles. The van der Waals surface area contributed by atoms with Gasteiger partial charge in [-0.1, -0.05) is 41.4 Å². The van der Waals surface area contributed by atoms with Gasteiger partial charge >= 0.3 is 12.2 Å². The summed E-state index contributed by atoms with van der Waals surface area (Å²) in [5.74, 6) is -1.18. The Morgan fingerprint density at radius 1 is 1.14 bits per heavy atom. The number of nitrogens with zero attached hydrogens (tertiary/aromatic N) is 1. The summed E-state index contributed by atoms with van der Waals surface area (Å²) in [6.45, 7) is -1.08. The number of carbonyl (C=O) groups is 2. The minimum absolute atomic E-state index is 0.00566. The topological polar surface area (TPSA) is 81.7 Å². The molecule has 3 aromatic rings. The Morgan fingerprint density at radius 2 is 1.86 bits per heavy atom. The molecular formula is C24H15Cl2F4N3O3. The standard InChI is InChI=1S/C24H15Cl2F4N3O3/c25-11-7-14-19(20(32-21(14)34)13-9-12(27)5-6-16(13)26)17(8-11)31-22(35)33-10-23(36,24(28,29)30)15-3-1-2-4-18(15)33/h1-9,20,36H,10H2,(H,31,35)(H,32,34)/t20-,23+/m0/s1. The minimum Gasteiger partial charge on any atom is -0.375 e. The van der Waals surface area contributed by atoms with Crippen molar-refractivity contribution in [3.8, 4) is 0 Å². The van der Waals surface area contributed by atoms with E-state index in [1.165, 1.54) is 36.4 Å². The first-order chi connectivity index (χ1) is 16.9. The third kappa shape index (κ3) is 3.76. The second-order valence-electron chi connectivity index (χ2n) is 8.38. The van der Waals surface area contributed by atoms with Crippen LogP contribution in [0.4, 0.5) is 33.7 Å². The second-order valence-corrected chi connectivity index (χ2v) is 9.22. The molecule has 3 N–H and O–H groups in total. The molecule has 0 bridgehead atoms. The molecule has 0 saturated heterocycles. The van der Waals surface area contributed by atoms with Gasteiger partial charge in [-0.25, -0.2) is 9.18 Å². The van der Waals surface area contributed by atoms with Crippen LogP contribution < -0.4 is 15.5 Å². The molecule has 0 fully saturated rings. The summed E-state index contributed by atoms with van der Waals surface area (Å²) in [5.41, 5.74) is -3.37. The molecule has 3 amide bonds. The number of fused-ring (bicyclic) bond motifs is 2. The van der Waals surface area contributed by atoms with Crippen LogP contribution in [0.3, 0.4) is 0 Å². The number of benzene rings is 3. The normalized spacial score (nSPS) is 20.7. The Morgan fingerprint density at radius 3 is 2.58 bits per heavy atom. The van der Waals surface area contributed by atoms with Crippen molar-refractivity contribution in [1.82, 2.24) is 5.32 Å². The number of aliphatic hydroxyl groups is 1. The molecule has 0 aliphatic carbocycles. The fraction of sp³-hybridized carbons (Fsp3) is 0.167. The van der Waals surface area contributed by atoms with E-state index in [1.54, 1.807) is 0 Å². The van der Waals surface area contributed by atoms with Crippen molar-refractivity contribution in [2.24, 2.45) is 0 Å². The summed E-state index contributed by atoms with van der Waals surface area (Å²) < 4.78 is 55.3. The lowest BCUT2D eigenvalue weighted by Gasteiger charge is -2.27. The first kappa shape index (κ1) is 24.4. The first-order valence-electron chi connectivity index (χ1n) is 10.5. The van der Waals surface area contributed by atoms with Crippen LogP contribution in [0.1, 0.15) is 33.1 Å². The van der Waals surface area contributed by atoms with Gasteiger partial charge in [0.05, 0.1) is 24.0 Å². The molecular weight excluding hydrogens is 525 g/mol. The van der Waals surface area contributed by atoms with Crippen molar-refractivity contribution >= 4 is 46.5 Å². The van der Waals surface area contributed by atoms with Crippen LogP contribution in [0.15, 0.2) is 54.6 Å². The van der Waals surface area contributed by atoms with E-state index in [1.807, 2.05) is 0 Å². The average molecular weight is 540 g/mol. The lowest BCUT2D eigenvalue weighted by Crippen LogP contribution is -2.48. The van der Waals surface area contributed by atoms with Crippen LogP contribution in [0.5, 0.6) is 0 Å². The van der Waals surface area contributed by atoms with Crippen LogP contribution in [-0.2, 0) is 5.60 Å². The largest absolute Gasteiger partial charge is 0.423 e. The van der Waals surface area contributed by atoms with E-state index in [0.29, 0.717) is 0 Å². The Labute approximate surface area is 211 Å². The van der Waals surface area contributed by atoms with Gasteiger partial charge in [0.1, 0.15) is 5.82 Å². The Bertz CT molecular complexity index is 1430. The fourth-order valence-electron chi connectivity index (χ4n) is 4.53. The van der Waals surface area contributed by atoms with Crippen molar-refractivity contribution in [2.45, 2.75) is 17.8 Å². The van der Waals surface area contributed by atoms with Crippen molar-refractivity contribution in [2.75, 3.05) is 16.8 Å². The SMILES string of the molecule is O=C1N[C@@H](c2cc(F)ccc2Cl)c2c(NC(=O)N3C[C@](O)(C(F)(F)F)c4ccccc43)cc(Cl)cc21. The van der Waals surface area contributed by atoms with E-state index in [4.69, 9.17) is 23.2 Å². The predicted octanol–water partition coefficient (Wildman–Crippen LogP) is 5.77. The molecule has 0 spiro atoms. The number of anilines is 2. The molecule has 36 heavy (non-hydrogen) atoms. The summed E-state index contributed by atoms with van der Waals surface area (Å²) in [6.07, 6.45) is -5.05. The van der Waals surface area contributed by atoms with Gasteiger partial charge in [0.25, 0.3) is 5.91 Å². The van der Waals surface area contributed by atoms with Crippen molar-refractivity contribution in [3.05, 3.63) is 92.7 Å². The van der Waals surface area contributed by atoms with Crippen molar-refractivity contribution in [1.29, 1.82) is 0 Å². The molecule has 0 radical (unpaired) electrons. The van der Waals surface area contributed by atoms with Crippen LogP contribution in [0, 0.1) is 5.82 Å². The zero-order chi connectivity index (χ0) is 26.0. The zero-order valence-corrected chi connectivity index (χ0v) is 19.5. The van der Waals surface area contributed by atoms with Crippen LogP contribution >= 0.6 is 23.2 Å². The lowest BCUT2D eigenvalue weighted by molar-refractivity contribution is -0.258. The number of nitrogens with one attached hydrogen (secondary N) is 2. The highest BCUT2D eigenvalue weighted by atomic mass is 35.5. The van der Waals surface area contributed by atoms with E-state index in [-0.39, 0.29) is 38.1 Å². The van der Waals surface area contributed by atoms with Gasteiger partial charge in [-0.2, -0.15) is 13.2 Å². The molecule has 0 saturated carbocycles. The highest BCUT2D eigenvalue weighted by Gasteiger charge is 2.61. The van der Waals surface area contributed by atoms with Gasteiger partial charge in [-0.3, -0.25) is 9.69 Å². The highest BCUT2D eigenvalue weighted by molar-refractivity contribution is 6.32. The maximum Gasteiger partial charge on any atom is 0.423 e. The molecule has 0 unspecified atom stereocenters. The lowest BCUT2D eigenvalue weighted by atomic mass is 9.96. The van der Waals surface area contributed by atoms with Crippen LogP contribution in [0.2, 0.25) is 10.0 Å². The molecule has 6 nitrogen and oxygen atoms in total. The van der Waals surface area contributed by atoms with Gasteiger partial charge in [-0.05, 0) is 36.4 Å². The van der Waals surface area contributed by atoms with Crippen LogP contribution in [0.25, 0.3) is 0 Å². The summed E-state index contributed by atoms with van der Waals surface area (Å²) in [5, 5.41) is 15.9. The molecule has 0 aromatic heterocycles. The summed E-state index contributed by atoms with van der Waals surface area (Å²) in [7, 11) is 0. The van der Waals surface area contributed by atoms with Gasteiger partial charge in [0.2, 0.25) is 5.60 Å². The number of β-amino-alcohol motifs (C(OH)–C–C–N with tert-alkyl or cyclic N) is 1. The molecule has 2 heterocycles. The maximum atomic E-state index is 14.0. The Balaban J connectivity index is 1.56. The smallest absolute Gasteiger partial charge is 0.375 e. The fourth-order valence-corrected chi connectivity index (χ4v) is 4.98. The number of para-hydroxylation sites is 1. The highest BCUT2D eigenvalue weighted by Crippen LogP contribution is 2.49. The van der Waals surface area contributed by atoms with E-state index in [9.17, 15) is 32.3 Å². The maximum absolute atomic E-state index is 14.0. The number of urea groups is 1. The van der Waals surface area contributed by atoms with E-state index in [2.05, 4.69) is 10.6 Å². The predicted molar refractivity (Wildman–Crippen MR) is 125 cm³/mol. The van der Waals surface area contributed by atoms with E-state index >= 15 is 0 Å². The van der Waals surface area contributed by atoms with Gasteiger partial charge < -0.3 is 15.7 Å². The third-order valence-corrected chi connectivity index (χ3v) is 6.77. The van der Waals surface area contributed by atoms with Gasteiger partial charge in [0, 0.05) is 32.3 Å². The number of halogens is 6. The number of rotatable bonds is 2. The van der Waals surface area contributed by atoms with Gasteiger partial charge in [-0.15, -0.1) is 0 Å². The first-order valence-corrected chi connectivity index (χ1v) is 11.2. The monoisotopic (exact) mass is 539 g/mol. The van der Waals surface area contributed by atoms with E-state index < -0.39 is 47.7 Å². The number of hydrogen-bond acceptors (Lipinski definition) is 3. The Hall–Kier alpha value is -3.34. The summed E-state index contributed by atoms with van der Waals surface area (Å²) in [4.78, 5) is 26.7. The molecule has 2 atom stereocenters. The number of carbonyl (C=O) groups excluding carboxylic acids is 2. The van der Waals surface area contributed by atoms with Crippen LogP contribution in [-0.4, -0.2) is 29.8 Å². The number of alkyl halides is 3. The van der Waals surface area contributed by atoms with E-state index in [0.717, 1.165) is 23.1 Å². The summed E-state index contributed by atoms with van der Waals surface area (Å²) >= 11 is 12.4. The van der Waals surface area contributed by atoms with Crippen molar-refractivity contribution in [3.63, 3.8) is 0 Å².